The third kappa shape index (κ3) is 2.12. The Labute approximate surface area is 107 Å². The molecular formula is C13H18N4O. The fourth-order valence-corrected chi connectivity index (χ4v) is 2.71. The van der Waals surface area contributed by atoms with Crippen molar-refractivity contribution in [2.45, 2.75) is 25.8 Å². The smallest absolute Gasteiger partial charge is 0.195 e. The first-order chi connectivity index (χ1) is 8.66. The summed E-state index contributed by atoms with van der Waals surface area (Å²) >= 11 is 0. The zero-order valence-corrected chi connectivity index (χ0v) is 10.4. The maximum absolute atomic E-state index is 12.0. The number of nitrogens with zero attached hydrogens (tertiary/aromatic N) is 3. The number of amidine groups is 1. The van der Waals surface area contributed by atoms with Gasteiger partial charge in [0, 0.05) is 24.2 Å². The van der Waals surface area contributed by atoms with Crippen molar-refractivity contribution in [2.24, 2.45) is 10.9 Å². The zero-order valence-electron chi connectivity index (χ0n) is 10.4. The van der Waals surface area contributed by atoms with Crippen LogP contribution >= 0.6 is 0 Å². The number of rotatable bonds is 0. The summed E-state index contributed by atoms with van der Waals surface area (Å²) in [7, 11) is 0. The van der Waals surface area contributed by atoms with Gasteiger partial charge in [0.2, 0.25) is 0 Å². The van der Waals surface area contributed by atoms with Crippen LogP contribution in [0.4, 0.5) is 0 Å². The Morgan fingerprint density at radius 1 is 1.17 bits per heavy atom. The molecular weight excluding hydrogens is 228 g/mol. The Hall–Kier alpha value is -1.43. The molecule has 1 fully saturated rings. The number of hydrogen-bond acceptors (Lipinski definition) is 4. The summed E-state index contributed by atoms with van der Waals surface area (Å²) in [6, 6.07) is 7.92. The van der Waals surface area contributed by atoms with Crippen LogP contribution in [-0.2, 0) is 6.54 Å². The van der Waals surface area contributed by atoms with E-state index in [-0.39, 0.29) is 6.54 Å². The van der Waals surface area contributed by atoms with Crippen LogP contribution in [0.15, 0.2) is 29.4 Å². The highest BCUT2D eigenvalue weighted by Crippen LogP contribution is 2.24. The third-order valence-electron chi connectivity index (χ3n) is 3.57. The molecule has 0 radical (unpaired) electrons. The number of benzene rings is 1. The summed E-state index contributed by atoms with van der Waals surface area (Å²) in [4.78, 5) is 1.15. The van der Waals surface area contributed by atoms with Gasteiger partial charge >= 0.3 is 0 Å². The molecule has 3 rings (SSSR count). The molecule has 0 aromatic heterocycles. The van der Waals surface area contributed by atoms with E-state index in [1.54, 1.807) is 0 Å². The number of piperidine rings is 1. The van der Waals surface area contributed by atoms with E-state index in [2.05, 4.69) is 10.0 Å². The van der Waals surface area contributed by atoms with Gasteiger partial charge in [-0.05, 0) is 24.4 Å². The number of likely N-dealkylation sites (tertiary alicyclic amines) is 1. The predicted molar refractivity (Wildman–Crippen MR) is 69.9 cm³/mol. The highest BCUT2D eigenvalue weighted by Gasteiger charge is 2.29. The molecule has 0 spiro atoms. The van der Waals surface area contributed by atoms with Crippen LogP contribution < -0.4 is 5.84 Å². The van der Waals surface area contributed by atoms with Crippen molar-refractivity contribution in [3.8, 4) is 0 Å². The van der Waals surface area contributed by atoms with E-state index in [0.29, 0.717) is 0 Å². The predicted octanol–water partition coefficient (Wildman–Crippen LogP) is 1.54. The van der Waals surface area contributed by atoms with Gasteiger partial charge in [0.05, 0.1) is 0 Å². The second-order valence-electron chi connectivity index (χ2n) is 5.04. The lowest BCUT2D eigenvalue weighted by atomic mass is 10.0. The largest absolute Gasteiger partial charge is 0.584 e. The van der Waals surface area contributed by atoms with Gasteiger partial charge in [-0.15, -0.1) is 0 Å². The van der Waals surface area contributed by atoms with Gasteiger partial charge in [-0.3, -0.25) is 0 Å². The van der Waals surface area contributed by atoms with E-state index in [0.717, 1.165) is 42.9 Å². The van der Waals surface area contributed by atoms with Gasteiger partial charge in [0.15, 0.2) is 5.84 Å². The SMILES string of the molecule is N[N+]1([O-])Cc2ccccc2C(N2CCCCC2)=N1. The van der Waals surface area contributed by atoms with Crippen LogP contribution in [-0.4, -0.2) is 28.7 Å². The minimum absolute atomic E-state index is 0.216. The Balaban J connectivity index is 2.01. The zero-order chi connectivity index (χ0) is 12.6. The molecule has 0 bridgehead atoms. The third-order valence-corrected chi connectivity index (χ3v) is 3.57. The summed E-state index contributed by atoms with van der Waals surface area (Å²) in [6.45, 7) is 2.15. The van der Waals surface area contributed by atoms with E-state index >= 15 is 0 Å². The number of hydrogen-bond donors (Lipinski definition) is 1. The molecule has 0 aliphatic carbocycles. The maximum Gasteiger partial charge on any atom is 0.195 e. The molecule has 5 nitrogen and oxygen atoms in total. The molecule has 1 unspecified atom stereocenters. The second kappa shape index (κ2) is 4.35. The van der Waals surface area contributed by atoms with Crippen molar-refractivity contribution < 1.29 is 4.86 Å². The molecule has 1 aromatic carbocycles. The molecule has 2 aliphatic heterocycles. The molecule has 1 saturated heterocycles. The number of nitrogens with two attached hydrogens (primary N) is 1. The first-order valence-electron chi connectivity index (χ1n) is 6.47. The van der Waals surface area contributed by atoms with Gasteiger partial charge in [-0.1, -0.05) is 24.3 Å². The molecule has 96 valence electrons. The Morgan fingerprint density at radius 2 is 1.89 bits per heavy atom. The van der Waals surface area contributed by atoms with Gasteiger partial charge in [-0.25, -0.2) is 0 Å². The summed E-state index contributed by atoms with van der Waals surface area (Å²) in [5, 5.41) is 16.2. The van der Waals surface area contributed by atoms with Gasteiger partial charge in [0.1, 0.15) is 6.54 Å². The first kappa shape index (κ1) is 11.6. The fourth-order valence-electron chi connectivity index (χ4n) is 2.71. The second-order valence-corrected chi connectivity index (χ2v) is 5.04. The number of fused-ring (bicyclic) bond motifs is 1. The first-order valence-corrected chi connectivity index (χ1v) is 6.47. The average molecular weight is 246 g/mol. The van der Waals surface area contributed by atoms with Crippen LogP contribution in [0.2, 0.25) is 0 Å². The van der Waals surface area contributed by atoms with Crippen LogP contribution in [0.1, 0.15) is 30.4 Å². The lowest BCUT2D eigenvalue weighted by Gasteiger charge is -2.38. The molecule has 0 saturated carbocycles. The standard InChI is InChI=1S/C13H18N4O/c14-17(18)10-11-6-2-3-7-12(11)13(15-17)16-8-4-1-5-9-16/h2-3,6-7H,1,4-5,8-10,14H2. The summed E-state index contributed by atoms with van der Waals surface area (Å²) in [5.41, 5.74) is 2.06. The molecule has 2 aliphatic rings. The summed E-state index contributed by atoms with van der Waals surface area (Å²) in [6.07, 6.45) is 3.57. The van der Waals surface area contributed by atoms with Crippen LogP contribution in [0.25, 0.3) is 0 Å². The normalized spacial score (nSPS) is 27.7. The molecule has 2 N–H and O–H groups in total. The van der Waals surface area contributed by atoms with E-state index in [9.17, 15) is 5.21 Å². The average Bonchev–Trinajstić information content (AvgIpc) is 2.38. The number of quaternary nitrogens is 1. The minimum Gasteiger partial charge on any atom is -0.584 e. The molecule has 5 heteroatoms. The van der Waals surface area contributed by atoms with Crippen LogP contribution in [0.3, 0.4) is 0 Å². The van der Waals surface area contributed by atoms with Crippen molar-refractivity contribution in [1.82, 2.24) is 4.90 Å². The van der Waals surface area contributed by atoms with Gasteiger partial charge in [-0.2, -0.15) is 10.7 Å². The lowest BCUT2D eigenvalue weighted by Crippen LogP contribution is -2.50. The number of hydroxylamine groups is 1. The monoisotopic (exact) mass is 246 g/mol. The molecule has 0 amide bonds. The molecule has 18 heavy (non-hydrogen) atoms. The van der Waals surface area contributed by atoms with Crippen molar-refractivity contribution in [3.63, 3.8) is 0 Å². The Morgan fingerprint density at radius 3 is 2.67 bits per heavy atom. The highest BCUT2D eigenvalue weighted by molar-refractivity contribution is 6.00. The van der Waals surface area contributed by atoms with Crippen molar-refractivity contribution in [2.75, 3.05) is 13.1 Å². The summed E-state index contributed by atoms with van der Waals surface area (Å²) in [5.74, 6) is 6.43. The molecule has 1 aromatic rings. The van der Waals surface area contributed by atoms with E-state index < -0.39 is 4.86 Å². The topological polar surface area (TPSA) is 64.7 Å². The fraction of sp³-hybridized carbons (Fsp3) is 0.462. The highest BCUT2D eigenvalue weighted by atomic mass is 16.6. The van der Waals surface area contributed by atoms with E-state index in [1.807, 2.05) is 24.3 Å². The molecule has 2 heterocycles. The van der Waals surface area contributed by atoms with Crippen LogP contribution in [0.5, 0.6) is 0 Å². The quantitative estimate of drug-likeness (QED) is 0.429. The molecule has 1 atom stereocenters. The minimum atomic E-state index is -1.04. The lowest BCUT2D eigenvalue weighted by molar-refractivity contribution is -0.913. The Kier molecular flexibility index (Phi) is 2.81. The van der Waals surface area contributed by atoms with Crippen molar-refractivity contribution >= 4 is 5.84 Å². The van der Waals surface area contributed by atoms with Crippen LogP contribution in [0, 0.1) is 5.21 Å². The Bertz CT molecular complexity index is 478. The van der Waals surface area contributed by atoms with E-state index in [4.69, 9.17) is 5.84 Å². The maximum atomic E-state index is 12.0. The van der Waals surface area contributed by atoms with Gasteiger partial charge < -0.3 is 10.1 Å². The van der Waals surface area contributed by atoms with Crippen molar-refractivity contribution in [1.29, 1.82) is 0 Å². The van der Waals surface area contributed by atoms with E-state index in [1.165, 1.54) is 6.42 Å². The summed E-state index contributed by atoms with van der Waals surface area (Å²) < 4.78 is 0. The van der Waals surface area contributed by atoms with Gasteiger partial charge in [0.25, 0.3) is 0 Å². The van der Waals surface area contributed by atoms with Crippen molar-refractivity contribution in [3.05, 3.63) is 40.6 Å².